The molecule has 0 saturated carbocycles. The summed E-state index contributed by atoms with van der Waals surface area (Å²) in [5.41, 5.74) is 0. The number of hydrogen-bond donors (Lipinski definition) is 2. The van der Waals surface area contributed by atoms with Gasteiger partial charge in [-0.05, 0) is 13.0 Å². The number of aromatic amines is 1. The molecule has 0 aliphatic rings. The van der Waals surface area contributed by atoms with E-state index in [1.807, 2.05) is 6.20 Å². The van der Waals surface area contributed by atoms with E-state index in [0.29, 0.717) is 0 Å². The van der Waals surface area contributed by atoms with Crippen molar-refractivity contribution in [2.24, 2.45) is 0 Å². The van der Waals surface area contributed by atoms with Crippen LogP contribution in [-0.2, 0) is 11.3 Å². The van der Waals surface area contributed by atoms with Crippen molar-refractivity contribution in [2.75, 3.05) is 20.3 Å². The number of methoxy groups -OCH3 is 1. The molecule has 0 saturated heterocycles. The normalized spacial score (nSPS) is 10.4. The molecule has 0 spiro atoms. The number of nitrogens with zero attached hydrogens (tertiary/aromatic N) is 1. The second kappa shape index (κ2) is 5.74. The average Bonchev–Trinajstić information content (AvgIpc) is 2.57. The Morgan fingerprint density at radius 1 is 1.67 bits per heavy atom. The van der Waals surface area contributed by atoms with Gasteiger partial charge in [-0.3, -0.25) is 0 Å². The summed E-state index contributed by atoms with van der Waals surface area (Å²) in [5, 5.41) is 3.25. The van der Waals surface area contributed by atoms with Crippen molar-refractivity contribution in [3.8, 4) is 0 Å². The Kier molecular flexibility index (Phi) is 4.41. The van der Waals surface area contributed by atoms with Crippen LogP contribution in [0.5, 0.6) is 0 Å². The van der Waals surface area contributed by atoms with E-state index in [2.05, 4.69) is 15.3 Å². The lowest BCUT2D eigenvalue weighted by Crippen LogP contribution is -2.16. The molecule has 2 N–H and O–H groups in total. The molecule has 4 nitrogen and oxygen atoms in total. The van der Waals surface area contributed by atoms with Gasteiger partial charge in [0.05, 0.1) is 6.54 Å². The number of ether oxygens (including phenoxy) is 1. The number of hydrogen-bond acceptors (Lipinski definition) is 3. The first-order chi connectivity index (χ1) is 5.93. The van der Waals surface area contributed by atoms with Crippen LogP contribution in [0.25, 0.3) is 0 Å². The molecular formula is C8H15N3O. The second-order valence-corrected chi connectivity index (χ2v) is 2.56. The summed E-state index contributed by atoms with van der Waals surface area (Å²) in [6, 6.07) is 0. The van der Waals surface area contributed by atoms with E-state index in [9.17, 15) is 0 Å². The van der Waals surface area contributed by atoms with Gasteiger partial charge in [-0.1, -0.05) is 0 Å². The standard InChI is InChI=1S/C8H15N3O/c1-12-6-2-3-9-7-8-10-4-5-11-8/h4-5,9H,2-3,6-7H2,1H3,(H,10,11). The lowest BCUT2D eigenvalue weighted by Gasteiger charge is -2.01. The number of H-pyrrole nitrogens is 1. The third kappa shape index (κ3) is 3.50. The molecule has 0 unspecified atom stereocenters. The summed E-state index contributed by atoms with van der Waals surface area (Å²) < 4.78 is 4.92. The Bertz CT molecular complexity index is 186. The minimum atomic E-state index is 0.802. The molecule has 68 valence electrons. The second-order valence-electron chi connectivity index (χ2n) is 2.56. The third-order valence-corrected chi connectivity index (χ3v) is 1.55. The van der Waals surface area contributed by atoms with Gasteiger partial charge in [0.25, 0.3) is 0 Å². The fourth-order valence-electron chi connectivity index (χ4n) is 0.943. The van der Waals surface area contributed by atoms with Crippen LogP contribution in [0.15, 0.2) is 12.4 Å². The third-order valence-electron chi connectivity index (χ3n) is 1.55. The predicted molar refractivity (Wildman–Crippen MR) is 46.8 cm³/mol. The molecule has 0 radical (unpaired) electrons. The summed E-state index contributed by atoms with van der Waals surface area (Å²) in [6.45, 7) is 2.58. The molecule has 0 bridgehead atoms. The topological polar surface area (TPSA) is 49.9 Å². The first kappa shape index (κ1) is 9.22. The highest BCUT2D eigenvalue weighted by molar-refractivity contribution is 4.85. The van der Waals surface area contributed by atoms with E-state index in [0.717, 1.165) is 31.9 Å². The van der Waals surface area contributed by atoms with Crippen molar-refractivity contribution in [1.82, 2.24) is 15.3 Å². The van der Waals surface area contributed by atoms with Crippen molar-refractivity contribution >= 4 is 0 Å². The molecule has 0 atom stereocenters. The Morgan fingerprint density at radius 2 is 2.58 bits per heavy atom. The molecule has 1 aromatic heterocycles. The van der Waals surface area contributed by atoms with Crippen LogP contribution in [0.2, 0.25) is 0 Å². The number of rotatable bonds is 6. The van der Waals surface area contributed by atoms with Gasteiger partial charge in [0.2, 0.25) is 0 Å². The molecule has 0 aliphatic carbocycles. The smallest absolute Gasteiger partial charge is 0.120 e. The van der Waals surface area contributed by atoms with Crippen LogP contribution in [0.1, 0.15) is 12.2 Å². The molecule has 1 aromatic rings. The van der Waals surface area contributed by atoms with Crippen molar-refractivity contribution in [1.29, 1.82) is 0 Å². The van der Waals surface area contributed by atoms with E-state index in [1.54, 1.807) is 13.3 Å². The van der Waals surface area contributed by atoms with E-state index < -0.39 is 0 Å². The van der Waals surface area contributed by atoms with E-state index >= 15 is 0 Å². The van der Waals surface area contributed by atoms with Gasteiger partial charge in [0, 0.05) is 26.1 Å². The molecule has 4 heteroatoms. The average molecular weight is 169 g/mol. The molecule has 1 heterocycles. The lowest BCUT2D eigenvalue weighted by atomic mass is 10.4. The summed E-state index contributed by atoms with van der Waals surface area (Å²) in [5.74, 6) is 0.979. The van der Waals surface area contributed by atoms with Gasteiger partial charge in [0.15, 0.2) is 0 Å². The maximum atomic E-state index is 4.92. The largest absolute Gasteiger partial charge is 0.385 e. The quantitative estimate of drug-likeness (QED) is 0.611. The van der Waals surface area contributed by atoms with Gasteiger partial charge < -0.3 is 15.0 Å². The zero-order valence-electron chi connectivity index (χ0n) is 7.34. The van der Waals surface area contributed by atoms with Crippen LogP contribution in [0.3, 0.4) is 0 Å². The van der Waals surface area contributed by atoms with Gasteiger partial charge in [-0.25, -0.2) is 4.98 Å². The van der Waals surface area contributed by atoms with E-state index in [1.165, 1.54) is 0 Å². The first-order valence-corrected chi connectivity index (χ1v) is 4.11. The first-order valence-electron chi connectivity index (χ1n) is 4.11. The van der Waals surface area contributed by atoms with Crippen LogP contribution in [0, 0.1) is 0 Å². The van der Waals surface area contributed by atoms with E-state index in [4.69, 9.17) is 4.74 Å². The Labute approximate surface area is 72.3 Å². The Morgan fingerprint density at radius 3 is 3.25 bits per heavy atom. The van der Waals surface area contributed by atoms with Gasteiger partial charge in [-0.15, -0.1) is 0 Å². The van der Waals surface area contributed by atoms with Crippen LogP contribution in [-0.4, -0.2) is 30.2 Å². The predicted octanol–water partition coefficient (Wildman–Crippen LogP) is 0.536. The van der Waals surface area contributed by atoms with Crippen LogP contribution in [0.4, 0.5) is 0 Å². The highest BCUT2D eigenvalue weighted by Crippen LogP contribution is 1.86. The summed E-state index contributed by atoms with van der Waals surface area (Å²) in [6.07, 6.45) is 4.62. The Hall–Kier alpha value is -0.870. The van der Waals surface area contributed by atoms with Crippen molar-refractivity contribution < 1.29 is 4.74 Å². The minimum Gasteiger partial charge on any atom is -0.385 e. The highest BCUT2D eigenvalue weighted by atomic mass is 16.5. The maximum absolute atomic E-state index is 4.92. The van der Waals surface area contributed by atoms with Crippen molar-refractivity contribution in [3.63, 3.8) is 0 Å². The maximum Gasteiger partial charge on any atom is 0.120 e. The molecule has 12 heavy (non-hydrogen) atoms. The highest BCUT2D eigenvalue weighted by Gasteiger charge is 1.92. The fraction of sp³-hybridized carbons (Fsp3) is 0.625. The molecule has 1 rings (SSSR count). The number of nitrogens with one attached hydrogen (secondary N) is 2. The molecule has 0 fully saturated rings. The molecule has 0 aliphatic heterocycles. The SMILES string of the molecule is COCCCNCc1ncc[nH]1. The fourth-order valence-corrected chi connectivity index (χ4v) is 0.943. The number of aromatic nitrogens is 2. The molecule has 0 amide bonds. The monoisotopic (exact) mass is 169 g/mol. The summed E-state index contributed by atoms with van der Waals surface area (Å²) in [4.78, 5) is 7.11. The number of imidazole rings is 1. The van der Waals surface area contributed by atoms with Crippen LogP contribution < -0.4 is 5.32 Å². The zero-order chi connectivity index (χ0) is 8.65. The molecule has 0 aromatic carbocycles. The Balaban J connectivity index is 1.96. The van der Waals surface area contributed by atoms with Crippen molar-refractivity contribution in [2.45, 2.75) is 13.0 Å². The minimum absolute atomic E-state index is 0.802. The van der Waals surface area contributed by atoms with Gasteiger partial charge >= 0.3 is 0 Å². The lowest BCUT2D eigenvalue weighted by molar-refractivity contribution is 0.194. The van der Waals surface area contributed by atoms with Crippen LogP contribution >= 0.6 is 0 Å². The molecular weight excluding hydrogens is 154 g/mol. The van der Waals surface area contributed by atoms with E-state index in [-0.39, 0.29) is 0 Å². The van der Waals surface area contributed by atoms with Gasteiger partial charge in [0.1, 0.15) is 5.82 Å². The van der Waals surface area contributed by atoms with Gasteiger partial charge in [-0.2, -0.15) is 0 Å². The summed E-state index contributed by atoms with van der Waals surface area (Å²) in [7, 11) is 1.71. The zero-order valence-corrected chi connectivity index (χ0v) is 7.34. The van der Waals surface area contributed by atoms with Crippen molar-refractivity contribution in [3.05, 3.63) is 18.2 Å². The summed E-state index contributed by atoms with van der Waals surface area (Å²) >= 11 is 0.